The van der Waals surface area contributed by atoms with E-state index in [-0.39, 0.29) is 0 Å². The quantitative estimate of drug-likeness (QED) is 0.186. The van der Waals surface area contributed by atoms with Crippen LogP contribution in [0.2, 0.25) is 0 Å². The second-order valence-electron chi connectivity index (χ2n) is 10.7. The molecule has 176 valence electrons. The van der Waals surface area contributed by atoms with Crippen molar-refractivity contribution in [1.82, 2.24) is 5.32 Å². The zero-order valence-corrected chi connectivity index (χ0v) is 21.7. The molecule has 1 heteroatoms. The van der Waals surface area contributed by atoms with E-state index in [9.17, 15) is 0 Å². The topological polar surface area (TPSA) is 12.0 Å². The number of unbranched alkanes of at least 4 members (excludes halogenated alkanes) is 5. The van der Waals surface area contributed by atoms with Gasteiger partial charge in [-0.15, -0.1) is 0 Å². The predicted octanol–water partition coefficient (Wildman–Crippen LogP) is 9.40. The number of rotatable bonds is 21. The van der Waals surface area contributed by atoms with Crippen LogP contribution in [0, 0.1) is 23.7 Å². The molecule has 0 amide bonds. The minimum Gasteiger partial charge on any atom is -0.314 e. The molecular weight excluding hydrogens is 350 g/mol. The fourth-order valence-corrected chi connectivity index (χ4v) is 4.72. The molecule has 0 aliphatic heterocycles. The molecule has 0 aliphatic rings. The van der Waals surface area contributed by atoms with Gasteiger partial charge in [-0.05, 0) is 56.4 Å². The first kappa shape index (κ1) is 29.0. The summed E-state index contributed by atoms with van der Waals surface area (Å²) in [6, 6.07) is 0.708. The standard InChI is InChI=1S/C28H59N/c1-8-10-20-26(5)27(6)23-25(4)19-16-18-24(3)17-14-12-11-13-15-21-28(7)29-22-9-2/h24-29H,8-23H2,1-7H3/t24-,25-,26?,27?,28-/m1/s1. The molecule has 0 aromatic rings. The lowest BCUT2D eigenvalue weighted by atomic mass is 9.83. The van der Waals surface area contributed by atoms with Crippen LogP contribution >= 0.6 is 0 Å². The van der Waals surface area contributed by atoms with Crippen molar-refractivity contribution in [3.8, 4) is 0 Å². The molecule has 0 aromatic carbocycles. The lowest BCUT2D eigenvalue weighted by Crippen LogP contribution is -2.26. The first-order valence-corrected chi connectivity index (χ1v) is 13.6. The highest BCUT2D eigenvalue weighted by atomic mass is 14.9. The number of hydrogen-bond donors (Lipinski definition) is 1. The van der Waals surface area contributed by atoms with E-state index < -0.39 is 0 Å². The Kier molecular flexibility index (Phi) is 19.9. The summed E-state index contributed by atoms with van der Waals surface area (Å²) in [5.74, 6) is 3.66. The third-order valence-electron chi connectivity index (χ3n) is 7.23. The van der Waals surface area contributed by atoms with Crippen molar-refractivity contribution in [3.63, 3.8) is 0 Å². The summed E-state index contributed by atoms with van der Waals surface area (Å²) in [7, 11) is 0. The summed E-state index contributed by atoms with van der Waals surface area (Å²) < 4.78 is 0. The molecule has 29 heavy (non-hydrogen) atoms. The van der Waals surface area contributed by atoms with Gasteiger partial charge in [-0.1, -0.05) is 119 Å². The van der Waals surface area contributed by atoms with Gasteiger partial charge in [0.1, 0.15) is 0 Å². The lowest BCUT2D eigenvalue weighted by Gasteiger charge is -2.23. The van der Waals surface area contributed by atoms with Gasteiger partial charge < -0.3 is 5.32 Å². The Morgan fingerprint density at radius 3 is 1.76 bits per heavy atom. The van der Waals surface area contributed by atoms with Crippen LogP contribution in [0.4, 0.5) is 0 Å². The summed E-state index contributed by atoms with van der Waals surface area (Å²) in [4.78, 5) is 0. The van der Waals surface area contributed by atoms with Crippen LogP contribution in [-0.4, -0.2) is 12.6 Å². The Labute approximate surface area is 186 Å². The van der Waals surface area contributed by atoms with Crippen molar-refractivity contribution < 1.29 is 0 Å². The van der Waals surface area contributed by atoms with Gasteiger partial charge in [-0.25, -0.2) is 0 Å². The molecule has 0 saturated heterocycles. The molecule has 0 fully saturated rings. The van der Waals surface area contributed by atoms with E-state index in [0.717, 1.165) is 23.7 Å². The molecule has 0 aromatic heterocycles. The van der Waals surface area contributed by atoms with Crippen molar-refractivity contribution in [1.29, 1.82) is 0 Å². The van der Waals surface area contributed by atoms with Crippen molar-refractivity contribution in [2.24, 2.45) is 23.7 Å². The lowest BCUT2D eigenvalue weighted by molar-refractivity contribution is 0.280. The van der Waals surface area contributed by atoms with Crippen LogP contribution in [0.25, 0.3) is 0 Å². The normalized spacial score (nSPS) is 17.1. The van der Waals surface area contributed by atoms with Crippen LogP contribution in [0.5, 0.6) is 0 Å². The van der Waals surface area contributed by atoms with Crippen LogP contribution in [0.3, 0.4) is 0 Å². The maximum Gasteiger partial charge on any atom is 0.00387 e. The van der Waals surface area contributed by atoms with Gasteiger partial charge in [0.2, 0.25) is 0 Å². The largest absolute Gasteiger partial charge is 0.314 e. The summed E-state index contributed by atoms with van der Waals surface area (Å²) in [6.45, 7) is 18.0. The van der Waals surface area contributed by atoms with Gasteiger partial charge in [-0.2, -0.15) is 0 Å². The highest BCUT2D eigenvalue weighted by molar-refractivity contribution is 4.67. The molecule has 5 atom stereocenters. The van der Waals surface area contributed by atoms with E-state index in [1.165, 1.54) is 103 Å². The van der Waals surface area contributed by atoms with E-state index in [0.29, 0.717) is 6.04 Å². The zero-order valence-electron chi connectivity index (χ0n) is 21.7. The van der Waals surface area contributed by atoms with Gasteiger partial charge in [0.15, 0.2) is 0 Å². The first-order valence-electron chi connectivity index (χ1n) is 13.6. The molecular formula is C28H59N. The Morgan fingerprint density at radius 1 is 0.517 bits per heavy atom. The zero-order chi connectivity index (χ0) is 21.9. The maximum atomic E-state index is 3.60. The second-order valence-corrected chi connectivity index (χ2v) is 10.7. The highest BCUT2D eigenvalue weighted by Crippen LogP contribution is 2.27. The van der Waals surface area contributed by atoms with E-state index in [4.69, 9.17) is 0 Å². The third-order valence-corrected chi connectivity index (χ3v) is 7.23. The van der Waals surface area contributed by atoms with E-state index >= 15 is 0 Å². The molecule has 2 unspecified atom stereocenters. The molecule has 0 spiro atoms. The summed E-state index contributed by atoms with van der Waals surface area (Å²) in [6.07, 6.45) is 21.2. The first-order chi connectivity index (χ1) is 13.9. The summed E-state index contributed by atoms with van der Waals surface area (Å²) >= 11 is 0. The molecule has 0 aliphatic carbocycles. The van der Waals surface area contributed by atoms with E-state index in [2.05, 4.69) is 53.8 Å². The fourth-order valence-electron chi connectivity index (χ4n) is 4.72. The fraction of sp³-hybridized carbons (Fsp3) is 1.00. The van der Waals surface area contributed by atoms with Gasteiger partial charge in [0.05, 0.1) is 0 Å². The van der Waals surface area contributed by atoms with Crippen LogP contribution in [0.15, 0.2) is 0 Å². The molecule has 1 N–H and O–H groups in total. The monoisotopic (exact) mass is 409 g/mol. The smallest absolute Gasteiger partial charge is 0.00387 e. The SMILES string of the molecule is CCCCC(C)C(C)C[C@H](C)CCC[C@H](C)CCCCCCC[C@@H](C)NCCC. The Hall–Kier alpha value is -0.0400. The van der Waals surface area contributed by atoms with Crippen LogP contribution in [0.1, 0.15) is 145 Å². The van der Waals surface area contributed by atoms with Gasteiger partial charge in [-0.3, -0.25) is 0 Å². The van der Waals surface area contributed by atoms with Crippen molar-refractivity contribution >= 4 is 0 Å². The third kappa shape index (κ3) is 18.4. The highest BCUT2D eigenvalue weighted by Gasteiger charge is 2.15. The second kappa shape index (κ2) is 19.9. The van der Waals surface area contributed by atoms with Gasteiger partial charge >= 0.3 is 0 Å². The van der Waals surface area contributed by atoms with Crippen molar-refractivity contribution in [2.45, 2.75) is 151 Å². The number of nitrogens with one attached hydrogen (secondary N) is 1. The minimum absolute atomic E-state index is 0.708. The average Bonchev–Trinajstić information content (AvgIpc) is 2.69. The van der Waals surface area contributed by atoms with Crippen molar-refractivity contribution in [2.75, 3.05) is 6.54 Å². The maximum absolute atomic E-state index is 3.60. The molecule has 1 nitrogen and oxygen atoms in total. The average molecular weight is 410 g/mol. The van der Waals surface area contributed by atoms with E-state index in [1.807, 2.05) is 0 Å². The molecule has 0 heterocycles. The molecule has 0 radical (unpaired) electrons. The molecule has 0 saturated carbocycles. The van der Waals surface area contributed by atoms with E-state index in [1.54, 1.807) is 0 Å². The summed E-state index contributed by atoms with van der Waals surface area (Å²) in [5.41, 5.74) is 0. The number of hydrogen-bond acceptors (Lipinski definition) is 1. The van der Waals surface area contributed by atoms with Crippen LogP contribution < -0.4 is 5.32 Å². The van der Waals surface area contributed by atoms with Gasteiger partial charge in [0, 0.05) is 6.04 Å². The summed E-state index contributed by atoms with van der Waals surface area (Å²) in [5, 5.41) is 3.60. The predicted molar refractivity (Wildman–Crippen MR) is 135 cm³/mol. The Balaban J connectivity index is 3.56. The minimum atomic E-state index is 0.708. The Morgan fingerprint density at radius 2 is 1.10 bits per heavy atom. The van der Waals surface area contributed by atoms with Gasteiger partial charge in [0.25, 0.3) is 0 Å². The van der Waals surface area contributed by atoms with Crippen molar-refractivity contribution in [3.05, 3.63) is 0 Å². The Bertz CT molecular complexity index is 326. The van der Waals surface area contributed by atoms with Crippen LogP contribution in [-0.2, 0) is 0 Å². The molecule has 0 rings (SSSR count). The molecule has 0 bridgehead atoms.